The molecule has 5 heteroatoms. The first-order valence-electron chi connectivity index (χ1n) is 8.77. The minimum atomic E-state index is 0.680. The summed E-state index contributed by atoms with van der Waals surface area (Å²) in [5.74, 6) is 2.52. The second-order valence-corrected chi connectivity index (χ2v) is 7.13. The van der Waals surface area contributed by atoms with Crippen molar-refractivity contribution in [3.05, 3.63) is 47.5 Å². The van der Waals surface area contributed by atoms with Gasteiger partial charge >= 0.3 is 0 Å². The molecule has 2 fully saturated rings. The highest BCUT2D eigenvalue weighted by molar-refractivity contribution is 5.81. The molecule has 0 bridgehead atoms. The van der Waals surface area contributed by atoms with Crippen LogP contribution < -0.4 is 0 Å². The van der Waals surface area contributed by atoms with Gasteiger partial charge in [0.2, 0.25) is 0 Å². The molecule has 2 aliphatic carbocycles. The molecule has 0 saturated heterocycles. The largest absolute Gasteiger partial charge is 0.238 e. The first-order valence-corrected chi connectivity index (χ1v) is 8.77. The van der Waals surface area contributed by atoms with Gasteiger partial charge in [0.25, 0.3) is 0 Å². The lowest BCUT2D eigenvalue weighted by molar-refractivity contribution is 0.820. The summed E-state index contributed by atoms with van der Waals surface area (Å²) in [4.78, 5) is 9.14. The molecule has 2 aromatic heterocycles. The standard InChI is InChI=1S/C19H20N4.CHN/c1-3-17-21-12(2)8-18(22-17)23-16-9-13(4-5-14(16)11-20-23)15-10-19(15)6-7-19;1-2/h4-5,8-9,11,15H,3,6-7,10H2,1-2H3;1H. The van der Waals surface area contributed by atoms with Gasteiger partial charge in [0.1, 0.15) is 5.82 Å². The van der Waals surface area contributed by atoms with E-state index in [-0.39, 0.29) is 0 Å². The average Bonchev–Trinajstić information content (AvgIpc) is 3.54. The summed E-state index contributed by atoms with van der Waals surface area (Å²) in [5, 5.41) is 12.3. The Morgan fingerprint density at radius 1 is 1.24 bits per heavy atom. The van der Waals surface area contributed by atoms with Crippen LogP contribution in [0.1, 0.15) is 49.2 Å². The van der Waals surface area contributed by atoms with Crippen molar-refractivity contribution in [3.8, 4) is 12.4 Å². The van der Waals surface area contributed by atoms with Crippen molar-refractivity contribution in [2.24, 2.45) is 5.41 Å². The van der Waals surface area contributed by atoms with Gasteiger partial charge in [-0.3, -0.25) is 0 Å². The molecular weight excluding hydrogens is 310 g/mol. The summed E-state index contributed by atoms with van der Waals surface area (Å²) in [6, 6.07) is 8.83. The van der Waals surface area contributed by atoms with Crippen LogP contribution in [-0.2, 0) is 6.42 Å². The van der Waals surface area contributed by atoms with Crippen molar-refractivity contribution < 1.29 is 0 Å². The Bertz CT molecular complexity index is 965. The molecule has 1 atom stereocenters. The van der Waals surface area contributed by atoms with Crippen LogP contribution >= 0.6 is 0 Å². The number of nitrogens with zero attached hydrogens (tertiary/aromatic N) is 5. The lowest BCUT2D eigenvalue weighted by atomic mass is 10.1. The lowest BCUT2D eigenvalue weighted by Gasteiger charge is -2.07. The fraction of sp³-hybridized carbons (Fsp3) is 0.400. The molecule has 2 saturated carbocycles. The normalized spacial score (nSPS) is 19.4. The predicted molar refractivity (Wildman–Crippen MR) is 96.5 cm³/mol. The van der Waals surface area contributed by atoms with E-state index < -0.39 is 0 Å². The molecule has 0 aliphatic heterocycles. The number of aromatic nitrogens is 4. The van der Waals surface area contributed by atoms with Gasteiger partial charge in [-0.2, -0.15) is 5.10 Å². The number of benzene rings is 1. The molecule has 0 N–H and O–H groups in total. The molecular formula is C20H21N5. The average molecular weight is 331 g/mol. The summed E-state index contributed by atoms with van der Waals surface area (Å²) in [7, 11) is 0. The summed E-state index contributed by atoms with van der Waals surface area (Å²) in [6.07, 6.45) is 6.98. The molecule has 1 spiro atoms. The van der Waals surface area contributed by atoms with Gasteiger partial charge in [0.05, 0.1) is 11.7 Å². The van der Waals surface area contributed by atoms with E-state index in [1.54, 1.807) is 0 Å². The summed E-state index contributed by atoms with van der Waals surface area (Å²) in [5.41, 5.74) is 4.30. The lowest BCUT2D eigenvalue weighted by Crippen LogP contribution is -2.05. The van der Waals surface area contributed by atoms with Gasteiger partial charge in [0, 0.05) is 30.1 Å². The molecule has 3 aromatic rings. The van der Waals surface area contributed by atoms with Crippen LogP contribution in [0.2, 0.25) is 0 Å². The van der Waals surface area contributed by atoms with E-state index in [9.17, 15) is 0 Å². The predicted octanol–water partition coefficient (Wildman–Crippen LogP) is 4.09. The zero-order valence-electron chi connectivity index (χ0n) is 14.6. The number of nitriles is 1. The van der Waals surface area contributed by atoms with E-state index >= 15 is 0 Å². The van der Waals surface area contributed by atoms with Crippen molar-refractivity contribution >= 4 is 10.9 Å². The summed E-state index contributed by atoms with van der Waals surface area (Å²) < 4.78 is 1.97. The second-order valence-electron chi connectivity index (χ2n) is 7.13. The maximum atomic E-state index is 6.50. The molecule has 5 nitrogen and oxygen atoms in total. The smallest absolute Gasteiger partial charge is 0.157 e. The van der Waals surface area contributed by atoms with Gasteiger partial charge in [-0.25, -0.2) is 19.9 Å². The first kappa shape index (κ1) is 15.8. The molecule has 2 aliphatic rings. The summed E-state index contributed by atoms with van der Waals surface area (Å²) >= 11 is 0. The quantitative estimate of drug-likeness (QED) is 0.725. The third-order valence-electron chi connectivity index (χ3n) is 5.50. The fourth-order valence-electron chi connectivity index (χ4n) is 3.85. The number of rotatable bonds is 3. The Morgan fingerprint density at radius 2 is 2.04 bits per heavy atom. The van der Waals surface area contributed by atoms with Gasteiger partial charge in [-0.05, 0) is 49.1 Å². The van der Waals surface area contributed by atoms with Crippen LogP contribution in [0.25, 0.3) is 16.7 Å². The molecule has 0 amide bonds. The van der Waals surface area contributed by atoms with Crippen molar-refractivity contribution in [2.45, 2.75) is 45.4 Å². The highest BCUT2D eigenvalue weighted by Crippen LogP contribution is 2.75. The van der Waals surface area contributed by atoms with Gasteiger partial charge in [0.15, 0.2) is 5.82 Å². The molecule has 1 aromatic carbocycles. The third-order valence-corrected chi connectivity index (χ3v) is 5.50. The monoisotopic (exact) mass is 331 g/mol. The second kappa shape index (κ2) is 5.66. The SMILES string of the molecule is C#N.CCc1nc(C)cc(-n2ncc3ccc(C4CC45CC5)cc32)n1. The van der Waals surface area contributed by atoms with Crippen LogP contribution in [0, 0.1) is 24.2 Å². The zero-order chi connectivity index (χ0) is 17.6. The van der Waals surface area contributed by atoms with E-state index in [1.807, 2.05) is 23.9 Å². The maximum Gasteiger partial charge on any atom is 0.157 e. The van der Waals surface area contributed by atoms with E-state index in [0.29, 0.717) is 5.41 Å². The Labute approximate surface area is 147 Å². The Balaban J connectivity index is 0.000000758. The summed E-state index contributed by atoms with van der Waals surface area (Å²) in [6.45, 7) is 7.60. The molecule has 1 unspecified atom stereocenters. The molecule has 0 radical (unpaired) electrons. The van der Waals surface area contributed by atoms with Crippen LogP contribution in [0.3, 0.4) is 0 Å². The molecule has 25 heavy (non-hydrogen) atoms. The Kier molecular flexibility index (Phi) is 3.57. The van der Waals surface area contributed by atoms with Crippen molar-refractivity contribution in [1.29, 1.82) is 5.26 Å². The van der Waals surface area contributed by atoms with E-state index in [4.69, 9.17) is 5.26 Å². The van der Waals surface area contributed by atoms with Crippen molar-refractivity contribution in [2.75, 3.05) is 0 Å². The first-order chi connectivity index (χ1) is 12.2. The zero-order valence-corrected chi connectivity index (χ0v) is 14.6. The van der Waals surface area contributed by atoms with Crippen molar-refractivity contribution in [3.63, 3.8) is 0 Å². The molecule has 126 valence electrons. The van der Waals surface area contributed by atoms with Crippen LogP contribution in [0.4, 0.5) is 0 Å². The highest BCUT2D eigenvalue weighted by atomic mass is 15.3. The molecule has 5 rings (SSSR count). The van der Waals surface area contributed by atoms with E-state index in [2.05, 4.69) is 46.8 Å². The van der Waals surface area contributed by atoms with E-state index in [1.165, 1.54) is 30.2 Å². The van der Waals surface area contributed by atoms with Crippen LogP contribution in [0.5, 0.6) is 0 Å². The van der Waals surface area contributed by atoms with Gasteiger partial charge < -0.3 is 0 Å². The third kappa shape index (κ3) is 2.58. The van der Waals surface area contributed by atoms with Crippen LogP contribution in [-0.4, -0.2) is 19.7 Å². The number of hydrogen-bond acceptors (Lipinski definition) is 4. The fourth-order valence-corrected chi connectivity index (χ4v) is 3.85. The van der Waals surface area contributed by atoms with Gasteiger partial charge in [-0.1, -0.05) is 19.1 Å². The topological polar surface area (TPSA) is 67.4 Å². The molecule has 2 heterocycles. The number of fused-ring (bicyclic) bond motifs is 1. The Hall–Kier alpha value is -2.74. The van der Waals surface area contributed by atoms with E-state index in [0.717, 1.165) is 35.2 Å². The minimum Gasteiger partial charge on any atom is -0.238 e. The highest BCUT2D eigenvalue weighted by Gasteiger charge is 2.62. The minimum absolute atomic E-state index is 0.680. The van der Waals surface area contributed by atoms with Gasteiger partial charge in [-0.15, -0.1) is 0 Å². The maximum absolute atomic E-state index is 6.50. The number of hydrogen-bond donors (Lipinski definition) is 0. The van der Waals surface area contributed by atoms with Crippen molar-refractivity contribution in [1.82, 2.24) is 19.7 Å². The van der Waals surface area contributed by atoms with Crippen LogP contribution in [0.15, 0.2) is 30.5 Å². The Morgan fingerprint density at radius 3 is 2.72 bits per heavy atom. The number of aryl methyl sites for hydroxylation is 2.